The zero-order valence-corrected chi connectivity index (χ0v) is 13.5. The lowest BCUT2D eigenvalue weighted by atomic mass is 10.0. The summed E-state index contributed by atoms with van der Waals surface area (Å²) in [5, 5.41) is 12.9. The topological polar surface area (TPSA) is 52.6 Å². The molecule has 3 unspecified atom stereocenters. The summed E-state index contributed by atoms with van der Waals surface area (Å²) >= 11 is 0. The van der Waals surface area contributed by atoms with Crippen molar-refractivity contribution in [3.8, 4) is 0 Å². The zero-order valence-electron chi connectivity index (χ0n) is 13.5. The lowest BCUT2D eigenvalue weighted by Crippen LogP contribution is -2.42. The first-order valence-electron chi connectivity index (χ1n) is 7.72. The minimum Gasteiger partial charge on any atom is -0.391 e. The molecule has 0 aromatic heterocycles. The van der Waals surface area contributed by atoms with Gasteiger partial charge in [0.05, 0.1) is 6.10 Å². The Morgan fingerprint density at radius 1 is 1.29 bits per heavy atom. The van der Waals surface area contributed by atoms with E-state index < -0.39 is 6.10 Å². The fourth-order valence-electron chi connectivity index (χ4n) is 2.20. The first kappa shape index (κ1) is 17.7. The van der Waals surface area contributed by atoms with E-state index in [1.165, 1.54) is 0 Å². The van der Waals surface area contributed by atoms with Crippen LogP contribution in [-0.2, 0) is 4.79 Å². The molecule has 0 radical (unpaired) electrons. The number of nitrogens with one attached hydrogen (secondary N) is 1. The van der Waals surface area contributed by atoms with Crippen LogP contribution in [0.3, 0.4) is 0 Å². The molecule has 0 heterocycles. The van der Waals surface area contributed by atoms with Gasteiger partial charge in [0.2, 0.25) is 5.91 Å². The quantitative estimate of drug-likeness (QED) is 0.772. The predicted molar refractivity (Wildman–Crippen MR) is 86.0 cm³/mol. The summed E-state index contributed by atoms with van der Waals surface area (Å²) in [6.07, 6.45) is 0.399. The lowest BCUT2D eigenvalue weighted by molar-refractivity contribution is -0.126. The highest BCUT2D eigenvalue weighted by atomic mass is 16.3. The number of hydrogen-bond donors (Lipinski definition) is 2. The molecule has 1 aromatic rings. The number of amides is 1. The van der Waals surface area contributed by atoms with Gasteiger partial charge in [-0.3, -0.25) is 9.69 Å². The monoisotopic (exact) mass is 292 g/mol. The van der Waals surface area contributed by atoms with E-state index in [2.05, 4.69) is 5.32 Å². The van der Waals surface area contributed by atoms with Crippen LogP contribution >= 0.6 is 0 Å². The number of aliphatic hydroxyl groups excluding tert-OH is 1. The molecule has 0 aliphatic carbocycles. The molecule has 2 N–H and O–H groups in total. The predicted octanol–water partition coefficient (Wildman–Crippen LogP) is 2.20. The van der Waals surface area contributed by atoms with Crippen LogP contribution in [0.1, 0.15) is 38.8 Å². The Morgan fingerprint density at radius 2 is 1.90 bits per heavy atom. The van der Waals surface area contributed by atoms with Crippen LogP contribution in [-0.4, -0.2) is 42.2 Å². The van der Waals surface area contributed by atoms with Crippen molar-refractivity contribution < 1.29 is 9.90 Å². The van der Waals surface area contributed by atoms with Crippen LogP contribution < -0.4 is 5.32 Å². The highest BCUT2D eigenvalue weighted by Crippen LogP contribution is 2.19. The average Bonchev–Trinajstić information content (AvgIpc) is 2.52. The highest BCUT2D eigenvalue weighted by molar-refractivity contribution is 5.83. The molecule has 1 aromatic carbocycles. The van der Waals surface area contributed by atoms with E-state index >= 15 is 0 Å². The van der Waals surface area contributed by atoms with Crippen LogP contribution in [0.25, 0.3) is 0 Å². The van der Waals surface area contributed by atoms with Crippen molar-refractivity contribution in [3.05, 3.63) is 35.9 Å². The Labute approximate surface area is 128 Å². The van der Waals surface area contributed by atoms with Crippen LogP contribution in [0.5, 0.6) is 0 Å². The first-order valence-corrected chi connectivity index (χ1v) is 7.72. The molecule has 1 rings (SSSR count). The third-order valence-corrected chi connectivity index (χ3v) is 4.09. The summed E-state index contributed by atoms with van der Waals surface area (Å²) in [5.41, 5.74) is 0.970. The van der Waals surface area contributed by atoms with Gasteiger partial charge >= 0.3 is 0 Å². The normalized spacial score (nSPS) is 15.5. The van der Waals surface area contributed by atoms with Crippen LogP contribution in [0.2, 0.25) is 0 Å². The molecule has 4 heteroatoms. The van der Waals surface area contributed by atoms with E-state index in [-0.39, 0.29) is 17.9 Å². The largest absolute Gasteiger partial charge is 0.391 e. The van der Waals surface area contributed by atoms with Gasteiger partial charge in [-0.15, -0.1) is 0 Å². The number of nitrogens with zero attached hydrogens (tertiary/aromatic N) is 1. The molecule has 0 aliphatic rings. The Balaban J connectivity index is 2.74. The van der Waals surface area contributed by atoms with Crippen molar-refractivity contribution in [2.24, 2.45) is 5.92 Å². The molecule has 4 nitrogen and oxygen atoms in total. The number of carbonyl (C=O) groups is 1. The number of benzene rings is 1. The average molecular weight is 292 g/mol. The fraction of sp³-hybridized carbons (Fsp3) is 0.588. The second kappa shape index (κ2) is 8.80. The van der Waals surface area contributed by atoms with Crippen LogP contribution in [0.4, 0.5) is 0 Å². The van der Waals surface area contributed by atoms with Crippen molar-refractivity contribution in [2.75, 3.05) is 20.1 Å². The molecule has 21 heavy (non-hydrogen) atoms. The molecule has 0 spiro atoms. The van der Waals surface area contributed by atoms with Gasteiger partial charge in [-0.25, -0.2) is 0 Å². The summed E-state index contributed by atoms with van der Waals surface area (Å²) in [5.74, 6) is 0.122. The van der Waals surface area contributed by atoms with Crippen molar-refractivity contribution in [3.63, 3.8) is 0 Å². The van der Waals surface area contributed by atoms with Gasteiger partial charge in [-0.05, 0) is 25.1 Å². The Morgan fingerprint density at radius 3 is 2.43 bits per heavy atom. The second-order valence-electron chi connectivity index (χ2n) is 5.58. The van der Waals surface area contributed by atoms with Gasteiger partial charge in [0.15, 0.2) is 0 Å². The third kappa shape index (κ3) is 5.14. The third-order valence-electron chi connectivity index (χ3n) is 4.09. The van der Waals surface area contributed by atoms with Crippen LogP contribution in [0.15, 0.2) is 30.3 Å². The number of hydrogen-bond acceptors (Lipinski definition) is 3. The van der Waals surface area contributed by atoms with Gasteiger partial charge < -0.3 is 10.4 Å². The fourth-order valence-corrected chi connectivity index (χ4v) is 2.20. The maximum Gasteiger partial charge on any atom is 0.242 e. The minimum absolute atomic E-state index is 0.0621. The zero-order chi connectivity index (χ0) is 15.8. The van der Waals surface area contributed by atoms with Crippen molar-refractivity contribution in [2.45, 2.75) is 39.3 Å². The van der Waals surface area contributed by atoms with E-state index in [1.807, 2.05) is 63.1 Å². The molecule has 0 aliphatic heterocycles. The minimum atomic E-state index is -0.498. The van der Waals surface area contributed by atoms with Gasteiger partial charge in [0.25, 0.3) is 0 Å². The molecular weight excluding hydrogens is 264 g/mol. The molecular formula is C17H28N2O2. The van der Waals surface area contributed by atoms with E-state index in [9.17, 15) is 9.90 Å². The molecule has 3 atom stereocenters. The standard InChI is InChI=1S/C17H28N2O2/c1-5-13(3)15(20)12-18-17(21)16(19(4)6-2)14-10-8-7-9-11-14/h7-11,13,15-16,20H,5-6,12H2,1-4H3,(H,18,21). The Hall–Kier alpha value is -1.39. The van der Waals surface area contributed by atoms with E-state index in [0.717, 1.165) is 18.5 Å². The molecule has 0 saturated heterocycles. The lowest BCUT2D eigenvalue weighted by Gasteiger charge is -2.27. The van der Waals surface area contributed by atoms with Crippen molar-refractivity contribution in [1.82, 2.24) is 10.2 Å². The van der Waals surface area contributed by atoms with E-state index in [4.69, 9.17) is 0 Å². The SMILES string of the molecule is CCC(C)C(O)CNC(=O)C(c1ccccc1)N(C)CC. The first-order chi connectivity index (χ1) is 10.0. The Bertz CT molecular complexity index is 422. The number of aliphatic hydroxyl groups is 1. The smallest absolute Gasteiger partial charge is 0.242 e. The van der Waals surface area contributed by atoms with E-state index in [1.54, 1.807) is 0 Å². The molecule has 118 valence electrons. The van der Waals surface area contributed by atoms with Gasteiger partial charge in [-0.1, -0.05) is 57.5 Å². The van der Waals surface area contributed by atoms with E-state index in [0.29, 0.717) is 6.54 Å². The van der Waals surface area contributed by atoms with Gasteiger partial charge in [0, 0.05) is 6.54 Å². The number of rotatable bonds is 8. The molecule has 0 fully saturated rings. The Kier molecular flexibility index (Phi) is 7.40. The summed E-state index contributed by atoms with van der Waals surface area (Å²) in [7, 11) is 1.93. The summed E-state index contributed by atoms with van der Waals surface area (Å²) in [4.78, 5) is 14.5. The summed E-state index contributed by atoms with van der Waals surface area (Å²) in [6, 6.07) is 9.42. The van der Waals surface area contributed by atoms with Crippen LogP contribution in [0, 0.1) is 5.92 Å². The van der Waals surface area contributed by atoms with Crippen molar-refractivity contribution >= 4 is 5.91 Å². The maximum absolute atomic E-state index is 12.5. The summed E-state index contributed by atoms with van der Waals surface area (Å²) < 4.78 is 0. The van der Waals surface area contributed by atoms with Crippen molar-refractivity contribution in [1.29, 1.82) is 0 Å². The molecule has 0 saturated carbocycles. The molecule has 1 amide bonds. The molecule has 0 bridgehead atoms. The highest BCUT2D eigenvalue weighted by Gasteiger charge is 2.24. The second-order valence-corrected chi connectivity index (χ2v) is 5.58. The maximum atomic E-state index is 12.5. The van der Waals surface area contributed by atoms with Gasteiger partial charge in [0.1, 0.15) is 6.04 Å². The number of likely N-dealkylation sites (N-methyl/N-ethyl adjacent to an activating group) is 1. The van der Waals surface area contributed by atoms with Gasteiger partial charge in [-0.2, -0.15) is 0 Å². The number of carbonyl (C=O) groups excluding carboxylic acids is 1. The summed E-state index contributed by atoms with van der Waals surface area (Å²) in [6.45, 7) is 7.13.